The van der Waals surface area contributed by atoms with Gasteiger partial charge in [-0.15, -0.1) is 0 Å². The summed E-state index contributed by atoms with van der Waals surface area (Å²) >= 11 is 0. The van der Waals surface area contributed by atoms with Gasteiger partial charge in [0.25, 0.3) is 0 Å². The normalized spacial score (nSPS) is 22.5. The summed E-state index contributed by atoms with van der Waals surface area (Å²) in [4.78, 5) is 17.3. The molecule has 2 heterocycles. The summed E-state index contributed by atoms with van der Waals surface area (Å²) < 4.78 is 13.6. The van der Waals surface area contributed by atoms with Crippen molar-refractivity contribution in [3.63, 3.8) is 0 Å². The lowest BCUT2D eigenvalue weighted by Gasteiger charge is -2.57. The number of nitrogens with zero attached hydrogens (tertiary/aromatic N) is 2. The van der Waals surface area contributed by atoms with Gasteiger partial charge in [0.05, 0.1) is 6.61 Å². The molecule has 6 heteroatoms. The largest absolute Gasteiger partial charge is 0.395 e. The Hall–Kier alpha value is -3.22. The summed E-state index contributed by atoms with van der Waals surface area (Å²) in [7, 11) is 0. The van der Waals surface area contributed by atoms with Crippen molar-refractivity contribution in [1.82, 2.24) is 9.80 Å². The van der Waals surface area contributed by atoms with Crippen LogP contribution in [0.2, 0.25) is 0 Å². The Morgan fingerprint density at radius 1 is 1.03 bits per heavy atom. The maximum absolute atomic E-state index is 13.6. The van der Waals surface area contributed by atoms with Crippen molar-refractivity contribution in [2.24, 2.45) is 0 Å². The van der Waals surface area contributed by atoms with Gasteiger partial charge in [-0.3, -0.25) is 4.90 Å². The summed E-state index contributed by atoms with van der Waals surface area (Å²) in [5.74, 6) is -0.228. The van der Waals surface area contributed by atoms with E-state index in [1.165, 1.54) is 34.4 Å². The van der Waals surface area contributed by atoms with Crippen LogP contribution in [0.4, 0.5) is 14.9 Å². The van der Waals surface area contributed by atoms with Crippen LogP contribution >= 0.6 is 0 Å². The van der Waals surface area contributed by atoms with Gasteiger partial charge >= 0.3 is 6.03 Å². The highest BCUT2D eigenvalue weighted by Gasteiger charge is 2.49. The first-order chi connectivity index (χ1) is 17.0. The number of urea groups is 1. The number of aliphatic hydroxyl groups excluding tert-OH is 1. The van der Waals surface area contributed by atoms with E-state index in [1.54, 1.807) is 12.1 Å². The van der Waals surface area contributed by atoms with Crippen LogP contribution in [0.25, 0.3) is 11.1 Å². The van der Waals surface area contributed by atoms with Gasteiger partial charge in [-0.1, -0.05) is 54.6 Å². The molecule has 0 radical (unpaired) electrons. The fraction of sp³-hybridized carbons (Fsp3) is 0.345. The molecule has 3 aromatic carbocycles. The zero-order valence-corrected chi connectivity index (χ0v) is 20.0. The molecule has 2 fully saturated rings. The van der Waals surface area contributed by atoms with Crippen molar-refractivity contribution in [2.45, 2.75) is 37.8 Å². The van der Waals surface area contributed by atoms with Gasteiger partial charge in [0.1, 0.15) is 5.82 Å². The molecule has 2 amide bonds. The molecule has 0 saturated carbocycles. The Morgan fingerprint density at radius 2 is 1.80 bits per heavy atom. The van der Waals surface area contributed by atoms with Crippen molar-refractivity contribution in [3.05, 3.63) is 89.7 Å². The molecular formula is C29H32FN3O2. The van der Waals surface area contributed by atoms with Gasteiger partial charge in [0.15, 0.2) is 0 Å². The molecule has 2 saturated heterocycles. The first-order valence-electron chi connectivity index (χ1n) is 12.4. The third-order valence-electron chi connectivity index (χ3n) is 7.48. The Balaban J connectivity index is 1.35. The second-order valence-electron chi connectivity index (χ2n) is 9.61. The quantitative estimate of drug-likeness (QED) is 0.544. The molecule has 35 heavy (non-hydrogen) atoms. The molecule has 2 N–H and O–H groups in total. The smallest absolute Gasteiger partial charge is 0.321 e. The Labute approximate surface area is 206 Å². The van der Waals surface area contributed by atoms with Crippen molar-refractivity contribution in [2.75, 3.05) is 31.6 Å². The van der Waals surface area contributed by atoms with Gasteiger partial charge in [-0.2, -0.15) is 0 Å². The number of nitrogens with one attached hydrogen (secondary N) is 1. The number of fused-ring (bicyclic) bond motifs is 1. The number of aliphatic hydroxyl groups is 1. The molecule has 0 unspecified atom stereocenters. The minimum Gasteiger partial charge on any atom is -0.395 e. The van der Waals surface area contributed by atoms with E-state index in [-0.39, 0.29) is 36.5 Å². The fourth-order valence-electron chi connectivity index (χ4n) is 5.68. The predicted molar refractivity (Wildman–Crippen MR) is 137 cm³/mol. The maximum atomic E-state index is 13.6. The molecule has 2 aliphatic rings. The lowest BCUT2D eigenvalue weighted by Crippen LogP contribution is -2.68. The van der Waals surface area contributed by atoms with Gasteiger partial charge in [-0.25, -0.2) is 9.18 Å². The monoisotopic (exact) mass is 473 g/mol. The molecular weight excluding hydrogens is 441 g/mol. The highest BCUT2D eigenvalue weighted by Crippen LogP contribution is 2.42. The molecule has 0 spiro atoms. The first-order valence-corrected chi connectivity index (χ1v) is 12.4. The van der Waals surface area contributed by atoms with E-state index in [4.69, 9.17) is 0 Å². The van der Waals surface area contributed by atoms with Crippen LogP contribution in [-0.2, 0) is 0 Å². The molecule has 5 rings (SSSR count). The average molecular weight is 474 g/mol. The minimum absolute atomic E-state index is 0.0514. The first kappa shape index (κ1) is 23.5. The molecule has 0 aromatic heterocycles. The van der Waals surface area contributed by atoms with E-state index in [1.807, 2.05) is 11.0 Å². The van der Waals surface area contributed by atoms with Crippen molar-refractivity contribution in [1.29, 1.82) is 0 Å². The zero-order chi connectivity index (χ0) is 24.4. The fourth-order valence-corrected chi connectivity index (χ4v) is 5.68. The molecule has 182 valence electrons. The summed E-state index contributed by atoms with van der Waals surface area (Å²) in [6, 6.07) is 23.0. The molecule has 0 bridgehead atoms. The third kappa shape index (κ3) is 4.81. The highest BCUT2D eigenvalue weighted by atomic mass is 19.1. The number of amides is 2. The number of rotatable bonds is 4. The van der Waals surface area contributed by atoms with Gasteiger partial charge in [0, 0.05) is 36.8 Å². The number of hydrogen-bond acceptors (Lipinski definition) is 3. The topological polar surface area (TPSA) is 55.8 Å². The van der Waals surface area contributed by atoms with E-state index in [0.717, 1.165) is 19.4 Å². The lowest BCUT2D eigenvalue weighted by molar-refractivity contribution is -0.0585. The number of benzene rings is 3. The Morgan fingerprint density at radius 3 is 2.54 bits per heavy atom. The summed E-state index contributed by atoms with van der Waals surface area (Å²) in [5, 5.41) is 13.1. The van der Waals surface area contributed by atoms with Crippen molar-refractivity contribution >= 4 is 11.7 Å². The number of anilines is 1. The third-order valence-corrected chi connectivity index (χ3v) is 7.48. The van der Waals surface area contributed by atoms with E-state index in [0.29, 0.717) is 18.8 Å². The second-order valence-corrected chi connectivity index (χ2v) is 9.61. The number of carbonyl (C=O) groups excluding carboxylic acids is 1. The van der Waals surface area contributed by atoms with Crippen LogP contribution in [0.3, 0.4) is 0 Å². The molecule has 0 aliphatic carbocycles. The standard InChI is InChI=1S/C29H32FN3O2/c1-20-7-2-3-10-25(20)21-11-13-22(14-12-21)28-26-18-32(15-4-5-16-33(26)27(28)19-34)29(35)31-24-9-6-8-23(30)17-24/h2-3,6-14,17,26-28,34H,4-5,15-16,18-19H2,1H3,(H,31,35)/t26-,27-,28-/m1/s1. The van der Waals surface area contributed by atoms with Crippen LogP contribution in [0, 0.1) is 12.7 Å². The number of carbonyl (C=O) groups is 1. The van der Waals surface area contributed by atoms with Crippen molar-refractivity contribution in [3.8, 4) is 11.1 Å². The minimum atomic E-state index is -0.374. The second kappa shape index (κ2) is 10.2. The molecule has 3 aromatic rings. The van der Waals surface area contributed by atoms with Gasteiger partial charge in [-0.05, 0) is 66.8 Å². The van der Waals surface area contributed by atoms with Gasteiger partial charge in [0.2, 0.25) is 0 Å². The average Bonchev–Trinajstić information content (AvgIpc) is 2.84. The highest BCUT2D eigenvalue weighted by molar-refractivity contribution is 5.89. The van der Waals surface area contributed by atoms with Crippen molar-refractivity contribution < 1.29 is 14.3 Å². The summed E-state index contributed by atoms with van der Waals surface area (Å²) in [6.45, 7) is 4.37. The van der Waals surface area contributed by atoms with E-state index >= 15 is 0 Å². The van der Waals surface area contributed by atoms with Crippen LogP contribution < -0.4 is 5.32 Å². The van der Waals surface area contributed by atoms with Crippen LogP contribution in [0.1, 0.15) is 29.9 Å². The number of aryl methyl sites for hydroxylation is 1. The molecule has 2 aliphatic heterocycles. The maximum Gasteiger partial charge on any atom is 0.321 e. The number of halogens is 1. The lowest BCUT2D eigenvalue weighted by atomic mass is 9.74. The van der Waals surface area contributed by atoms with E-state index in [9.17, 15) is 14.3 Å². The van der Waals surface area contributed by atoms with E-state index in [2.05, 4.69) is 59.6 Å². The SMILES string of the molecule is Cc1ccccc1-c1ccc([C@H]2[C@@H](CO)N3CCCCN(C(=O)Nc4cccc(F)c4)C[C@H]23)cc1. The Kier molecular flexibility index (Phi) is 6.84. The molecule has 5 nitrogen and oxygen atoms in total. The van der Waals surface area contributed by atoms with Crippen LogP contribution in [-0.4, -0.2) is 59.3 Å². The van der Waals surface area contributed by atoms with E-state index < -0.39 is 0 Å². The molecule has 3 atom stereocenters. The zero-order valence-electron chi connectivity index (χ0n) is 20.0. The number of hydrogen-bond donors (Lipinski definition) is 2. The van der Waals surface area contributed by atoms with Crippen LogP contribution in [0.5, 0.6) is 0 Å². The van der Waals surface area contributed by atoms with Crippen LogP contribution in [0.15, 0.2) is 72.8 Å². The summed E-state index contributed by atoms with van der Waals surface area (Å²) in [6.07, 6.45) is 1.86. The van der Waals surface area contributed by atoms with Gasteiger partial charge < -0.3 is 15.3 Å². The summed E-state index contributed by atoms with van der Waals surface area (Å²) in [5.41, 5.74) is 5.28. The predicted octanol–water partition coefficient (Wildman–Crippen LogP) is 5.26. The Bertz CT molecular complexity index is 1180.